The Morgan fingerprint density at radius 3 is 2.84 bits per heavy atom. The molecule has 1 amide bonds. The van der Waals surface area contributed by atoms with Crippen LogP contribution in [0.5, 0.6) is 0 Å². The Morgan fingerprint density at radius 1 is 1.24 bits per heavy atom. The fourth-order valence-electron chi connectivity index (χ4n) is 2.51. The third-order valence-corrected chi connectivity index (χ3v) is 4.05. The molecule has 2 N–H and O–H groups in total. The molecule has 25 heavy (non-hydrogen) atoms. The second kappa shape index (κ2) is 7.11. The van der Waals surface area contributed by atoms with E-state index in [0.29, 0.717) is 22.2 Å². The number of fused-ring (bicyclic) bond motifs is 1. The molecule has 0 radical (unpaired) electrons. The molecule has 0 spiro atoms. The van der Waals surface area contributed by atoms with Gasteiger partial charge in [0.2, 0.25) is 5.91 Å². The number of para-hydroxylation sites is 1. The van der Waals surface area contributed by atoms with E-state index in [1.54, 1.807) is 42.5 Å². The average Bonchev–Trinajstić information content (AvgIpc) is 2.61. The van der Waals surface area contributed by atoms with Gasteiger partial charge in [0.1, 0.15) is 0 Å². The van der Waals surface area contributed by atoms with Gasteiger partial charge in [0.05, 0.1) is 22.5 Å². The monoisotopic (exact) mass is 350 g/mol. The van der Waals surface area contributed by atoms with Gasteiger partial charge in [0.25, 0.3) is 5.56 Å². The van der Waals surface area contributed by atoms with Crippen LogP contribution in [0.15, 0.2) is 53.3 Å². The lowest BCUT2D eigenvalue weighted by atomic mass is 10.2. The van der Waals surface area contributed by atoms with Crippen LogP contribution in [0.3, 0.4) is 0 Å². The van der Waals surface area contributed by atoms with E-state index < -0.39 is 0 Å². The molecule has 0 fully saturated rings. The zero-order chi connectivity index (χ0) is 17.8. The van der Waals surface area contributed by atoms with Gasteiger partial charge in [0.15, 0.2) is 4.77 Å². The van der Waals surface area contributed by atoms with Crippen molar-refractivity contribution < 1.29 is 4.79 Å². The molecule has 0 atom stereocenters. The van der Waals surface area contributed by atoms with Gasteiger partial charge in [0, 0.05) is 18.7 Å². The fraction of sp³-hybridized carbons (Fsp3) is 0.111. The molecular formula is C18H14N4O2S. The highest BCUT2D eigenvalue weighted by atomic mass is 32.1. The number of carbonyl (C=O) groups excluding carboxylic acids is 1. The maximum absolute atomic E-state index is 12.5. The molecule has 0 saturated carbocycles. The molecule has 0 unspecified atom stereocenters. The molecule has 0 aliphatic carbocycles. The van der Waals surface area contributed by atoms with Crippen molar-refractivity contribution in [3.8, 4) is 6.07 Å². The predicted molar refractivity (Wildman–Crippen MR) is 97.8 cm³/mol. The Labute approximate surface area is 148 Å². The molecule has 0 bridgehead atoms. The van der Waals surface area contributed by atoms with Crippen molar-refractivity contribution in [1.82, 2.24) is 9.55 Å². The summed E-state index contributed by atoms with van der Waals surface area (Å²) < 4.78 is 1.66. The summed E-state index contributed by atoms with van der Waals surface area (Å²) in [7, 11) is 0. The van der Waals surface area contributed by atoms with E-state index in [1.165, 1.54) is 4.57 Å². The van der Waals surface area contributed by atoms with E-state index in [2.05, 4.69) is 10.3 Å². The van der Waals surface area contributed by atoms with Crippen LogP contribution in [0.4, 0.5) is 5.69 Å². The van der Waals surface area contributed by atoms with E-state index in [-0.39, 0.29) is 29.2 Å². The highest BCUT2D eigenvalue weighted by Gasteiger charge is 2.08. The number of carbonyl (C=O) groups is 1. The molecular weight excluding hydrogens is 336 g/mol. The normalized spacial score (nSPS) is 10.4. The summed E-state index contributed by atoms with van der Waals surface area (Å²) in [5.41, 5.74) is 1.45. The van der Waals surface area contributed by atoms with Crippen LogP contribution in [0.2, 0.25) is 0 Å². The molecule has 1 heterocycles. The molecule has 1 aromatic heterocycles. The summed E-state index contributed by atoms with van der Waals surface area (Å²) in [6, 6.07) is 15.8. The lowest BCUT2D eigenvalue weighted by Crippen LogP contribution is -2.25. The maximum atomic E-state index is 12.5. The molecule has 7 heteroatoms. The first-order valence-corrected chi connectivity index (χ1v) is 8.01. The quantitative estimate of drug-likeness (QED) is 0.708. The zero-order valence-electron chi connectivity index (χ0n) is 13.2. The van der Waals surface area contributed by atoms with Crippen LogP contribution < -0.4 is 10.9 Å². The zero-order valence-corrected chi connectivity index (χ0v) is 14.0. The van der Waals surface area contributed by atoms with Gasteiger partial charge in [-0.1, -0.05) is 18.2 Å². The number of aromatic nitrogens is 2. The van der Waals surface area contributed by atoms with Crippen molar-refractivity contribution in [2.24, 2.45) is 0 Å². The Hall–Kier alpha value is -3.24. The van der Waals surface area contributed by atoms with Crippen molar-refractivity contribution in [1.29, 1.82) is 5.26 Å². The number of nitrogens with one attached hydrogen (secondary N) is 2. The highest BCUT2D eigenvalue weighted by molar-refractivity contribution is 7.71. The Kier molecular flexibility index (Phi) is 4.73. The Balaban J connectivity index is 1.76. The summed E-state index contributed by atoms with van der Waals surface area (Å²) in [6.07, 6.45) is 0.0898. The number of aromatic amines is 1. The maximum Gasteiger partial charge on any atom is 0.262 e. The highest BCUT2D eigenvalue weighted by Crippen LogP contribution is 2.10. The predicted octanol–water partition coefficient (Wildman–Crippen LogP) is 2.96. The largest absolute Gasteiger partial charge is 0.332 e. The summed E-state index contributed by atoms with van der Waals surface area (Å²) in [5, 5.41) is 12.1. The van der Waals surface area contributed by atoms with Gasteiger partial charge >= 0.3 is 0 Å². The standard InChI is InChI=1S/C18H14N4O2S/c19-11-12-4-3-5-13(10-12)20-16(23)8-9-22-17(24)14-6-1-2-7-15(14)21-18(22)25/h1-7,10H,8-9H2,(H,20,23)(H,21,25). The van der Waals surface area contributed by atoms with Crippen molar-refractivity contribution in [2.45, 2.75) is 13.0 Å². The fourth-order valence-corrected chi connectivity index (χ4v) is 2.79. The van der Waals surface area contributed by atoms with Crippen LogP contribution in [0, 0.1) is 16.1 Å². The first-order valence-electron chi connectivity index (χ1n) is 7.60. The lowest BCUT2D eigenvalue weighted by Gasteiger charge is -2.09. The van der Waals surface area contributed by atoms with Gasteiger partial charge in [-0.2, -0.15) is 5.26 Å². The summed E-state index contributed by atoms with van der Waals surface area (Å²) in [4.78, 5) is 27.6. The van der Waals surface area contributed by atoms with Crippen molar-refractivity contribution in [2.75, 3.05) is 5.32 Å². The van der Waals surface area contributed by atoms with Crippen molar-refractivity contribution in [3.63, 3.8) is 0 Å². The SMILES string of the molecule is N#Cc1cccc(NC(=O)CCn2c(=S)[nH]c3ccccc3c2=O)c1. The van der Waals surface area contributed by atoms with Crippen LogP contribution in [0.25, 0.3) is 10.9 Å². The number of hydrogen-bond acceptors (Lipinski definition) is 4. The van der Waals surface area contributed by atoms with E-state index in [4.69, 9.17) is 17.5 Å². The smallest absolute Gasteiger partial charge is 0.262 e. The van der Waals surface area contributed by atoms with Gasteiger partial charge in [-0.15, -0.1) is 0 Å². The van der Waals surface area contributed by atoms with Gasteiger partial charge in [-0.05, 0) is 42.5 Å². The average molecular weight is 350 g/mol. The number of amides is 1. The molecule has 0 aliphatic rings. The number of nitriles is 1. The van der Waals surface area contributed by atoms with Crippen LogP contribution in [-0.2, 0) is 11.3 Å². The molecule has 3 rings (SSSR count). The number of benzene rings is 2. The molecule has 2 aromatic carbocycles. The van der Waals surface area contributed by atoms with Gasteiger partial charge < -0.3 is 10.3 Å². The van der Waals surface area contributed by atoms with Crippen LogP contribution >= 0.6 is 12.2 Å². The summed E-state index contributed by atoms with van der Waals surface area (Å²) in [6.45, 7) is 0.169. The topological polar surface area (TPSA) is 90.7 Å². The van der Waals surface area contributed by atoms with Crippen molar-refractivity contribution >= 4 is 34.7 Å². The van der Waals surface area contributed by atoms with E-state index in [0.717, 1.165) is 0 Å². The first kappa shape index (κ1) is 16.6. The first-order chi connectivity index (χ1) is 12.1. The number of rotatable bonds is 4. The summed E-state index contributed by atoms with van der Waals surface area (Å²) in [5.74, 6) is -0.260. The van der Waals surface area contributed by atoms with Crippen LogP contribution in [0.1, 0.15) is 12.0 Å². The Bertz CT molecular complexity index is 1110. The minimum Gasteiger partial charge on any atom is -0.332 e. The second-order valence-corrected chi connectivity index (χ2v) is 5.81. The van der Waals surface area contributed by atoms with E-state index >= 15 is 0 Å². The molecule has 3 aromatic rings. The number of H-pyrrole nitrogens is 1. The van der Waals surface area contributed by atoms with Crippen LogP contribution in [-0.4, -0.2) is 15.5 Å². The molecule has 0 saturated heterocycles. The number of anilines is 1. The minimum absolute atomic E-state index is 0.0898. The van der Waals surface area contributed by atoms with Crippen molar-refractivity contribution in [3.05, 3.63) is 69.2 Å². The Morgan fingerprint density at radius 2 is 2.04 bits per heavy atom. The van der Waals surface area contributed by atoms with Gasteiger partial charge in [-0.25, -0.2) is 0 Å². The third kappa shape index (κ3) is 3.65. The second-order valence-electron chi connectivity index (χ2n) is 5.42. The molecule has 6 nitrogen and oxygen atoms in total. The minimum atomic E-state index is -0.260. The number of nitrogens with zero attached hydrogens (tertiary/aromatic N) is 2. The third-order valence-electron chi connectivity index (χ3n) is 3.73. The lowest BCUT2D eigenvalue weighted by molar-refractivity contribution is -0.116. The number of hydrogen-bond donors (Lipinski definition) is 2. The van der Waals surface area contributed by atoms with Gasteiger partial charge in [-0.3, -0.25) is 14.2 Å². The summed E-state index contributed by atoms with van der Waals surface area (Å²) >= 11 is 5.22. The molecule has 0 aliphatic heterocycles. The van der Waals surface area contributed by atoms with E-state index in [9.17, 15) is 9.59 Å². The molecule has 124 valence electrons. The van der Waals surface area contributed by atoms with E-state index in [1.807, 2.05) is 12.1 Å².